The average molecular weight is 376 g/mol. The molecule has 3 amide bonds. The zero-order valence-corrected chi connectivity index (χ0v) is 17.0. The molecule has 6 nitrogen and oxygen atoms in total. The van der Waals surface area contributed by atoms with Crippen LogP contribution in [0.3, 0.4) is 0 Å². The second-order valence-electron chi connectivity index (χ2n) is 7.99. The van der Waals surface area contributed by atoms with Crippen LogP contribution < -0.4 is 15.4 Å². The van der Waals surface area contributed by atoms with Crippen LogP contribution in [0.2, 0.25) is 0 Å². The van der Waals surface area contributed by atoms with Crippen molar-refractivity contribution >= 4 is 11.9 Å². The number of methoxy groups -OCH3 is 1. The van der Waals surface area contributed by atoms with E-state index in [1.165, 1.54) is 0 Å². The summed E-state index contributed by atoms with van der Waals surface area (Å²) in [5.41, 5.74) is 0.607. The fourth-order valence-corrected chi connectivity index (χ4v) is 3.15. The third kappa shape index (κ3) is 6.15. The molecule has 1 heterocycles. The van der Waals surface area contributed by atoms with Crippen molar-refractivity contribution in [2.75, 3.05) is 26.7 Å². The van der Waals surface area contributed by atoms with Gasteiger partial charge >= 0.3 is 6.03 Å². The largest absolute Gasteiger partial charge is 0.497 e. The first-order valence-corrected chi connectivity index (χ1v) is 9.78. The summed E-state index contributed by atoms with van der Waals surface area (Å²) in [6.07, 6.45) is 2.34. The molecule has 0 atom stereocenters. The molecule has 150 valence electrons. The van der Waals surface area contributed by atoms with Crippen LogP contribution in [0.15, 0.2) is 24.3 Å². The van der Waals surface area contributed by atoms with E-state index in [4.69, 9.17) is 4.74 Å². The maximum absolute atomic E-state index is 12.7. The van der Waals surface area contributed by atoms with Crippen molar-refractivity contribution in [1.29, 1.82) is 0 Å². The van der Waals surface area contributed by atoms with Gasteiger partial charge in [-0.05, 0) is 42.9 Å². The van der Waals surface area contributed by atoms with E-state index in [0.717, 1.165) is 17.7 Å². The Morgan fingerprint density at radius 1 is 1.15 bits per heavy atom. The zero-order valence-electron chi connectivity index (χ0n) is 17.0. The van der Waals surface area contributed by atoms with E-state index in [2.05, 4.69) is 24.5 Å². The van der Waals surface area contributed by atoms with Crippen LogP contribution >= 0.6 is 0 Å². The predicted octanol–water partition coefficient (Wildman–Crippen LogP) is 3.17. The minimum atomic E-state index is -0.429. The molecule has 1 saturated heterocycles. The van der Waals surface area contributed by atoms with Gasteiger partial charge in [-0.25, -0.2) is 4.79 Å². The maximum Gasteiger partial charge on any atom is 0.317 e. The molecular weight excluding hydrogens is 342 g/mol. The fraction of sp³-hybridized carbons (Fsp3) is 0.619. The molecule has 27 heavy (non-hydrogen) atoms. The quantitative estimate of drug-likeness (QED) is 0.769. The summed E-state index contributed by atoms with van der Waals surface area (Å²) >= 11 is 0. The Bertz CT molecular complexity index is 620. The number of hydrogen-bond donors (Lipinski definition) is 2. The molecule has 1 aromatic rings. The first-order valence-electron chi connectivity index (χ1n) is 9.78. The molecule has 0 aliphatic carbocycles. The van der Waals surface area contributed by atoms with E-state index >= 15 is 0 Å². The van der Waals surface area contributed by atoms with Crippen molar-refractivity contribution in [2.45, 2.75) is 46.6 Å². The second-order valence-corrected chi connectivity index (χ2v) is 7.99. The Kier molecular flexibility index (Phi) is 7.51. The molecule has 0 spiro atoms. The number of nitrogens with zero attached hydrogens (tertiary/aromatic N) is 1. The van der Waals surface area contributed by atoms with Gasteiger partial charge in [-0.2, -0.15) is 0 Å². The molecule has 1 aliphatic rings. The Hall–Kier alpha value is -2.24. The van der Waals surface area contributed by atoms with E-state index in [1.54, 1.807) is 7.11 Å². The van der Waals surface area contributed by atoms with Crippen LogP contribution in [-0.4, -0.2) is 43.6 Å². The lowest BCUT2D eigenvalue weighted by molar-refractivity contribution is -0.132. The number of carbonyl (C=O) groups excluding carboxylic acids is 2. The van der Waals surface area contributed by atoms with Crippen molar-refractivity contribution in [3.8, 4) is 5.75 Å². The van der Waals surface area contributed by atoms with Gasteiger partial charge in [0.05, 0.1) is 7.11 Å². The van der Waals surface area contributed by atoms with Gasteiger partial charge in [0, 0.05) is 31.6 Å². The summed E-state index contributed by atoms with van der Waals surface area (Å²) in [4.78, 5) is 26.7. The number of carbonyl (C=O) groups is 2. The van der Waals surface area contributed by atoms with Gasteiger partial charge in [0.25, 0.3) is 0 Å². The van der Waals surface area contributed by atoms with Gasteiger partial charge in [0.1, 0.15) is 5.75 Å². The van der Waals surface area contributed by atoms with E-state index in [1.807, 2.05) is 36.1 Å². The molecule has 0 bridgehead atoms. The number of nitrogens with one attached hydrogen (secondary N) is 2. The van der Waals surface area contributed by atoms with Crippen LogP contribution in [0.5, 0.6) is 5.75 Å². The minimum absolute atomic E-state index is 0.0173. The standard InChI is InChI=1S/C21H33N3O3/c1-16(2)9-12-22-20(26)24-13-10-21(3,11-14-24)19(25)23-15-17-5-7-18(27-4)8-6-17/h5-8,16H,9-15H2,1-4H3,(H,22,26)(H,23,25). The lowest BCUT2D eigenvalue weighted by Gasteiger charge is -2.38. The number of hydrogen-bond acceptors (Lipinski definition) is 3. The van der Waals surface area contributed by atoms with Crippen molar-refractivity contribution in [1.82, 2.24) is 15.5 Å². The Labute approximate surface area is 162 Å². The summed E-state index contributed by atoms with van der Waals surface area (Å²) in [6, 6.07) is 7.66. The monoisotopic (exact) mass is 375 g/mol. The van der Waals surface area contributed by atoms with E-state index in [-0.39, 0.29) is 11.9 Å². The van der Waals surface area contributed by atoms with Gasteiger partial charge in [-0.15, -0.1) is 0 Å². The molecule has 1 fully saturated rings. The number of amides is 3. The predicted molar refractivity (Wildman–Crippen MR) is 107 cm³/mol. The zero-order chi connectivity index (χ0) is 19.9. The van der Waals surface area contributed by atoms with Crippen LogP contribution in [0.1, 0.15) is 45.6 Å². The average Bonchev–Trinajstić information content (AvgIpc) is 2.66. The first kappa shape index (κ1) is 21.1. The summed E-state index contributed by atoms with van der Waals surface area (Å²) in [5, 5.41) is 6.01. The van der Waals surface area contributed by atoms with Crippen molar-refractivity contribution in [3.63, 3.8) is 0 Å². The summed E-state index contributed by atoms with van der Waals surface area (Å²) in [6.45, 7) is 8.70. The van der Waals surface area contributed by atoms with Crippen LogP contribution in [0.4, 0.5) is 4.79 Å². The summed E-state index contributed by atoms with van der Waals surface area (Å²) < 4.78 is 5.15. The van der Waals surface area contributed by atoms with E-state index in [0.29, 0.717) is 44.9 Å². The Morgan fingerprint density at radius 2 is 1.78 bits per heavy atom. The van der Waals surface area contributed by atoms with Gasteiger partial charge < -0.3 is 20.3 Å². The van der Waals surface area contributed by atoms with Crippen molar-refractivity contribution in [2.24, 2.45) is 11.3 Å². The summed E-state index contributed by atoms with van der Waals surface area (Å²) in [7, 11) is 1.63. The first-order chi connectivity index (χ1) is 12.8. The third-order valence-corrected chi connectivity index (χ3v) is 5.31. The molecule has 0 aromatic heterocycles. The highest BCUT2D eigenvalue weighted by molar-refractivity contribution is 5.83. The molecule has 2 N–H and O–H groups in total. The van der Waals surface area contributed by atoms with Crippen LogP contribution in [0, 0.1) is 11.3 Å². The lowest BCUT2D eigenvalue weighted by Crippen LogP contribution is -2.51. The van der Waals surface area contributed by atoms with Crippen molar-refractivity contribution < 1.29 is 14.3 Å². The highest BCUT2D eigenvalue weighted by Gasteiger charge is 2.37. The minimum Gasteiger partial charge on any atom is -0.497 e. The SMILES string of the molecule is COc1ccc(CNC(=O)C2(C)CCN(C(=O)NCCC(C)C)CC2)cc1. The van der Waals surface area contributed by atoms with Crippen LogP contribution in [0.25, 0.3) is 0 Å². The van der Waals surface area contributed by atoms with Gasteiger partial charge in [0.15, 0.2) is 0 Å². The van der Waals surface area contributed by atoms with Gasteiger partial charge in [-0.3, -0.25) is 4.79 Å². The third-order valence-electron chi connectivity index (χ3n) is 5.31. The number of rotatable bonds is 7. The Balaban J connectivity index is 1.77. The highest BCUT2D eigenvalue weighted by Crippen LogP contribution is 2.31. The molecule has 0 unspecified atom stereocenters. The molecule has 0 saturated carbocycles. The molecule has 6 heteroatoms. The van der Waals surface area contributed by atoms with Crippen molar-refractivity contribution in [3.05, 3.63) is 29.8 Å². The smallest absolute Gasteiger partial charge is 0.317 e. The van der Waals surface area contributed by atoms with Gasteiger partial charge in [-0.1, -0.05) is 32.9 Å². The second kappa shape index (κ2) is 9.62. The van der Waals surface area contributed by atoms with E-state index in [9.17, 15) is 9.59 Å². The number of urea groups is 1. The topological polar surface area (TPSA) is 70.7 Å². The number of ether oxygens (including phenoxy) is 1. The van der Waals surface area contributed by atoms with Crippen LogP contribution in [-0.2, 0) is 11.3 Å². The Morgan fingerprint density at radius 3 is 2.33 bits per heavy atom. The number of piperidine rings is 1. The molecule has 2 rings (SSSR count). The maximum atomic E-state index is 12.7. The number of likely N-dealkylation sites (tertiary alicyclic amines) is 1. The highest BCUT2D eigenvalue weighted by atomic mass is 16.5. The molecule has 1 aliphatic heterocycles. The summed E-state index contributed by atoms with van der Waals surface area (Å²) in [5.74, 6) is 1.43. The fourth-order valence-electron chi connectivity index (χ4n) is 3.15. The number of benzene rings is 1. The van der Waals surface area contributed by atoms with E-state index < -0.39 is 5.41 Å². The molecule has 0 radical (unpaired) electrons. The molecule has 1 aromatic carbocycles. The normalized spacial score (nSPS) is 16.1. The molecular formula is C21H33N3O3. The van der Waals surface area contributed by atoms with Gasteiger partial charge in [0.2, 0.25) is 5.91 Å². The lowest BCUT2D eigenvalue weighted by atomic mass is 9.79.